The van der Waals surface area contributed by atoms with Gasteiger partial charge in [0.1, 0.15) is 5.82 Å². The van der Waals surface area contributed by atoms with Gasteiger partial charge in [-0.05, 0) is 36.5 Å². The Morgan fingerprint density at radius 3 is 2.76 bits per heavy atom. The lowest BCUT2D eigenvalue weighted by atomic mass is 9.79. The van der Waals surface area contributed by atoms with Gasteiger partial charge in [-0.1, -0.05) is 25.0 Å². The maximum Gasteiger partial charge on any atom is 0.306 e. The first-order valence-corrected chi connectivity index (χ1v) is 7.30. The Balaban J connectivity index is 1.84. The van der Waals surface area contributed by atoms with Crippen LogP contribution in [0.2, 0.25) is 0 Å². The molecule has 1 amide bonds. The van der Waals surface area contributed by atoms with E-state index in [4.69, 9.17) is 0 Å². The largest absolute Gasteiger partial charge is 0.481 e. The molecular weight excluding hydrogens is 273 g/mol. The van der Waals surface area contributed by atoms with Crippen LogP contribution in [0.5, 0.6) is 0 Å². The number of aliphatic carboxylic acids is 1. The first kappa shape index (κ1) is 15.5. The van der Waals surface area contributed by atoms with E-state index in [0.717, 1.165) is 19.3 Å². The van der Waals surface area contributed by atoms with E-state index in [9.17, 15) is 19.1 Å². The predicted octanol–water partition coefficient (Wildman–Crippen LogP) is 2.38. The first-order chi connectivity index (χ1) is 10.1. The fourth-order valence-corrected chi connectivity index (χ4v) is 2.92. The second kappa shape index (κ2) is 7.20. The summed E-state index contributed by atoms with van der Waals surface area (Å²) in [4.78, 5) is 23.0. The number of nitrogens with one attached hydrogen (secondary N) is 1. The second-order valence-electron chi connectivity index (χ2n) is 5.60. The van der Waals surface area contributed by atoms with Crippen LogP contribution in [0.1, 0.15) is 31.2 Å². The van der Waals surface area contributed by atoms with Crippen LogP contribution >= 0.6 is 0 Å². The highest BCUT2D eigenvalue weighted by atomic mass is 19.1. The summed E-state index contributed by atoms with van der Waals surface area (Å²) >= 11 is 0. The molecule has 0 bridgehead atoms. The van der Waals surface area contributed by atoms with E-state index in [1.165, 1.54) is 12.1 Å². The van der Waals surface area contributed by atoms with E-state index in [1.807, 2.05) is 0 Å². The van der Waals surface area contributed by atoms with E-state index in [-0.39, 0.29) is 30.0 Å². The zero-order valence-electron chi connectivity index (χ0n) is 11.8. The van der Waals surface area contributed by atoms with Crippen molar-refractivity contribution >= 4 is 11.9 Å². The number of halogens is 1. The summed E-state index contributed by atoms with van der Waals surface area (Å²) in [5, 5.41) is 12.0. The van der Waals surface area contributed by atoms with E-state index >= 15 is 0 Å². The Morgan fingerprint density at radius 2 is 2.05 bits per heavy atom. The normalized spacial score (nSPS) is 21.8. The summed E-state index contributed by atoms with van der Waals surface area (Å²) in [7, 11) is 0. The lowest BCUT2D eigenvalue weighted by Gasteiger charge is -2.28. The third-order valence-corrected chi connectivity index (χ3v) is 4.04. The van der Waals surface area contributed by atoms with Gasteiger partial charge >= 0.3 is 5.97 Å². The Bertz CT molecular complexity index is 518. The Labute approximate surface area is 123 Å². The van der Waals surface area contributed by atoms with Gasteiger partial charge in [0.15, 0.2) is 0 Å². The monoisotopic (exact) mass is 293 g/mol. The van der Waals surface area contributed by atoms with Crippen molar-refractivity contribution in [1.82, 2.24) is 5.32 Å². The highest BCUT2D eigenvalue weighted by molar-refractivity contribution is 5.78. The molecule has 0 radical (unpaired) electrons. The minimum atomic E-state index is -0.779. The van der Waals surface area contributed by atoms with Crippen molar-refractivity contribution in [2.24, 2.45) is 11.8 Å². The number of rotatable bonds is 5. The van der Waals surface area contributed by atoms with Crippen molar-refractivity contribution in [2.45, 2.75) is 32.1 Å². The molecule has 114 valence electrons. The van der Waals surface area contributed by atoms with Gasteiger partial charge < -0.3 is 10.4 Å². The summed E-state index contributed by atoms with van der Waals surface area (Å²) < 4.78 is 13.0. The molecule has 0 heterocycles. The minimum absolute atomic E-state index is 0.00675. The van der Waals surface area contributed by atoms with Crippen LogP contribution in [0.4, 0.5) is 4.39 Å². The topological polar surface area (TPSA) is 66.4 Å². The number of amides is 1. The quantitative estimate of drug-likeness (QED) is 0.876. The molecule has 2 rings (SSSR count). The summed E-state index contributed by atoms with van der Waals surface area (Å²) in [5.74, 6) is -1.71. The van der Waals surface area contributed by atoms with E-state index < -0.39 is 5.97 Å². The summed E-state index contributed by atoms with van der Waals surface area (Å²) in [6.07, 6.45) is 3.57. The molecule has 4 nitrogen and oxygen atoms in total. The molecule has 0 saturated heterocycles. The van der Waals surface area contributed by atoms with Crippen LogP contribution in [0.3, 0.4) is 0 Å². The van der Waals surface area contributed by atoms with Gasteiger partial charge in [0.2, 0.25) is 5.91 Å². The molecule has 1 saturated carbocycles. The van der Waals surface area contributed by atoms with Crippen LogP contribution in [0.25, 0.3) is 0 Å². The highest BCUT2D eigenvalue weighted by Gasteiger charge is 2.30. The predicted molar refractivity (Wildman–Crippen MR) is 76.2 cm³/mol. The number of carbonyl (C=O) groups excluding carboxylic acids is 1. The molecule has 0 aliphatic heterocycles. The average Bonchev–Trinajstić information content (AvgIpc) is 2.45. The second-order valence-corrected chi connectivity index (χ2v) is 5.60. The standard InChI is InChI=1S/C16H20FNO3/c17-13-6-3-4-11(8-13)9-15(19)18-10-12-5-1-2-7-14(12)16(20)21/h3-4,6,8,12,14H,1-2,5,7,9-10H2,(H,18,19)(H,20,21). The maximum absolute atomic E-state index is 13.0. The van der Waals surface area contributed by atoms with Crippen LogP contribution in [-0.2, 0) is 16.0 Å². The number of hydrogen-bond acceptors (Lipinski definition) is 2. The molecule has 2 unspecified atom stereocenters. The minimum Gasteiger partial charge on any atom is -0.481 e. The number of benzene rings is 1. The molecule has 21 heavy (non-hydrogen) atoms. The van der Waals surface area contributed by atoms with Crippen LogP contribution in [-0.4, -0.2) is 23.5 Å². The highest BCUT2D eigenvalue weighted by Crippen LogP contribution is 2.29. The molecule has 1 aliphatic rings. The van der Waals surface area contributed by atoms with Gasteiger partial charge in [0.25, 0.3) is 0 Å². The molecule has 2 N–H and O–H groups in total. The Kier molecular flexibility index (Phi) is 5.31. The van der Waals surface area contributed by atoms with Gasteiger partial charge in [-0.25, -0.2) is 4.39 Å². The van der Waals surface area contributed by atoms with Crippen molar-refractivity contribution < 1.29 is 19.1 Å². The number of carbonyl (C=O) groups is 2. The molecule has 5 heteroatoms. The molecular formula is C16H20FNO3. The fourth-order valence-electron chi connectivity index (χ4n) is 2.92. The summed E-state index contributed by atoms with van der Waals surface area (Å²) in [6.45, 7) is 0.380. The molecule has 1 aromatic carbocycles. The smallest absolute Gasteiger partial charge is 0.306 e. The Hall–Kier alpha value is -1.91. The zero-order valence-corrected chi connectivity index (χ0v) is 11.8. The van der Waals surface area contributed by atoms with Gasteiger partial charge in [0, 0.05) is 6.54 Å². The molecule has 1 aliphatic carbocycles. The van der Waals surface area contributed by atoms with E-state index in [1.54, 1.807) is 12.1 Å². The third kappa shape index (κ3) is 4.55. The molecule has 1 fully saturated rings. The third-order valence-electron chi connectivity index (χ3n) is 4.04. The summed E-state index contributed by atoms with van der Waals surface area (Å²) in [5.41, 5.74) is 0.617. The SMILES string of the molecule is O=C(Cc1cccc(F)c1)NCC1CCCCC1C(=O)O. The van der Waals surface area contributed by atoms with Crippen molar-refractivity contribution in [3.63, 3.8) is 0 Å². The van der Waals surface area contributed by atoms with Crippen molar-refractivity contribution in [3.05, 3.63) is 35.6 Å². The molecule has 0 aromatic heterocycles. The molecule has 0 spiro atoms. The van der Waals surface area contributed by atoms with Gasteiger partial charge in [-0.15, -0.1) is 0 Å². The molecule has 1 aromatic rings. The fraction of sp³-hybridized carbons (Fsp3) is 0.500. The van der Waals surface area contributed by atoms with Crippen LogP contribution in [0.15, 0.2) is 24.3 Å². The maximum atomic E-state index is 13.0. The lowest BCUT2D eigenvalue weighted by molar-refractivity contribution is -0.145. The number of carboxylic acid groups (broad SMARTS) is 1. The van der Waals surface area contributed by atoms with Crippen molar-refractivity contribution in [1.29, 1.82) is 0 Å². The average molecular weight is 293 g/mol. The zero-order chi connectivity index (χ0) is 15.2. The lowest BCUT2D eigenvalue weighted by Crippen LogP contribution is -2.37. The first-order valence-electron chi connectivity index (χ1n) is 7.30. The van der Waals surface area contributed by atoms with Gasteiger partial charge in [-0.3, -0.25) is 9.59 Å². The van der Waals surface area contributed by atoms with Crippen molar-refractivity contribution in [2.75, 3.05) is 6.54 Å². The van der Waals surface area contributed by atoms with Gasteiger partial charge in [0.05, 0.1) is 12.3 Å². The van der Waals surface area contributed by atoms with Gasteiger partial charge in [-0.2, -0.15) is 0 Å². The van der Waals surface area contributed by atoms with Crippen LogP contribution in [0, 0.1) is 17.7 Å². The van der Waals surface area contributed by atoms with E-state index in [2.05, 4.69) is 5.32 Å². The molecule has 2 atom stereocenters. The van der Waals surface area contributed by atoms with E-state index in [0.29, 0.717) is 18.5 Å². The Morgan fingerprint density at radius 1 is 1.29 bits per heavy atom. The number of carboxylic acids is 1. The van der Waals surface area contributed by atoms with Crippen LogP contribution < -0.4 is 5.32 Å². The summed E-state index contributed by atoms with van der Waals surface area (Å²) in [6, 6.07) is 5.93. The number of hydrogen-bond donors (Lipinski definition) is 2. The van der Waals surface area contributed by atoms with Crippen molar-refractivity contribution in [3.8, 4) is 0 Å².